The van der Waals surface area contributed by atoms with Gasteiger partial charge in [-0.1, -0.05) is 20.8 Å². The van der Waals surface area contributed by atoms with E-state index in [0.29, 0.717) is 5.41 Å². The molecule has 1 fully saturated rings. The Bertz CT molecular complexity index is 365. The van der Waals surface area contributed by atoms with Gasteiger partial charge in [-0.25, -0.2) is 4.98 Å². The fourth-order valence-electron chi connectivity index (χ4n) is 2.15. The Balaban J connectivity index is 2.10. The molecule has 17 heavy (non-hydrogen) atoms. The minimum absolute atomic E-state index is 0.323. The van der Waals surface area contributed by atoms with E-state index in [9.17, 15) is 0 Å². The molecule has 1 aliphatic rings. The number of aromatic nitrogens is 1. The van der Waals surface area contributed by atoms with Crippen LogP contribution in [0.4, 0.5) is 5.82 Å². The number of rotatable bonds is 2. The van der Waals surface area contributed by atoms with Gasteiger partial charge in [0.1, 0.15) is 5.82 Å². The summed E-state index contributed by atoms with van der Waals surface area (Å²) >= 11 is 0. The molecule has 1 saturated heterocycles. The van der Waals surface area contributed by atoms with Crippen molar-refractivity contribution in [3.8, 4) is 0 Å². The first kappa shape index (κ1) is 12.4. The van der Waals surface area contributed by atoms with Crippen LogP contribution in [-0.2, 0) is 11.2 Å². The molecular weight excluding hydrogens is 212 g/mol. The maximum atomic E-state index is 5.36. The maximum absolute atomic E-state index is 5.36. The number of hydrogen-bond donors (Lipinski definition) is 0. The fraction of sp³-hybridized carbons (Fsp3) is 0.643. The SMILES string of the molecule is CC(C)(C)Cc1ccnc(N2CCOCC2)c1. The number of pyridine rings is 1. The van der Waals surface area contributed by atoms with E-state index in [2.05, 4.69) is 42.8 Å². The zero-order chi connectivity index (χ0) is 12.3. The van der Waals surface area contributed by atoms with E-state index in [4.69, 9.17) is 4.74 Å². The highest BCUT2D eigenvalue weighted by Gasteiger charge is 2.15. The van der Waals surface area contributed by atoms with Crippen molar-refractivity contribution in [1.29, 1.82) is 0 Å². The Morgan fingerprint density at radius 2 is 2.00 bits per heavy atom. The summed E-state index contributed by atoms with van der Waals surface area (Å²) in [4.78, 5) is 6.76. The van der Waals surface area contributed by atoms with Gasteiger partial charge in [-0.15, -0.1) is 0 Å². The van der Waals surface area contributed by atoms with E-state index in [0.717, 1.165) is 38.5 Å². The molecule has 94 valence electrons. The lowest BCUT2D eigenvalue weighted by atomic mass is 9.88. The predicted octanol–water partition coefficient (Wildman–Crippen LogP) is 2.51. The van der Waals surface area contributed by atoms with Crippen LogP contribution >= 0.6 is 0 Å². The summed E-state index contributed by atoms with van der Waals surface area (Å²) in [7, 11) is 0. The maximum Gasteiger partial charge on any atom is 0.128 e. The molecule has 0 N–H and O–H groups in total. The molecule has 0 saturated carbocycles. The normalized spacial score (nSPS) is 17.2. The molecule has 1 aromatic rings. The monoisotopic (exact) mass is 234 g/mol. The first-order chi connectivity index (χ1) is 8.04. The van der Waals surface area contributed by atoms with E-state index < -0.39 is 0 Å². The van der Waals surface area contributed by atoms with Gasteiger partial charge in [0, 0.05) is 19.3 Å². The van der Waals surface area contributed by atoms with Crippen LogP contribution in [0.1, 0.15) is 26.3 Å². The van der Waals surface area contributed by atoms with E-state index in [1.807, 2.05) is 6.20 Å². The molecule has 2 heterocycles. The van der Waals surface area contributed by atoms with Crippen LogP contribution in [0.15, 0.2) is 18.3 Å². The van der Waals surface area contributed by atoms with Crippen LogP contribution in [-0.4, -0.2) is 31.3 Å². The number of morpholine rings is 1. The first-order valence-electron chi connectivity index (χ1n) is 6.32. The Hall–Kier alpha value is -1.09. The number of nitrogens with zero attached hydrogens (tertiary/aromatic N) is 2. The third-order valence-corrected chi connectivity index (χ3v) is 2.88. The van der Waals surface area contributed by atoms with Gasteiger partial charge in [0.05, 0.1) is 13.2 Å². The number of ether oxygens (including phenoxy) is 1. The molecule has 3 heteroatoms. The second-order valence-corrected chi connectivity index (χ2v) is 5.86. The largest absolute Gasteiger partial charge is 0.378 e. The fourth-order valence-corrected chi connectivity index (χ4v) is 2.15. The van der Waals surface area contributed by atoms with Gasteiger partial charge in [-0.3, -0.25) is 0 Å². The van der Waals surface area contributed by atoms with Gasteiger partial charge in [-0.05, 0) is 29.5 Å². The van der Waals surface area contributed by atoms with Gasteiger partial charge < -0.3 is 9.64 Å². The molecular formula is C14H22N2O. The topological polar surface area (TPSA) is 25.4 Å². The molecule has 0 unspecified atom stereocenters. The number of hydrogen-bond acceptors (Lipinski definition) is 3. The molecule has 0 atom stereocenters. The quantitative estimate of drug-likeness (QED) is 0.786. The van der Waals surface area contributed by atoms with Crippen LogP contribution in [0.3, 0.4) is 0 Å². The third-order valence-electron chi connectivity index (χ3n) is 2.88. The molecule has 0 aliphatic carbocycles. The second kappa shape index (κ2) is 5.05. The van der Waals surface area contributed by atoms with Crippen molar-refractivity contribution in [2.24, 2.45) is 5.41 Å². The highest BCUT2D eigenvalue weighted by molar-refractivity contribution is 5.41. The zero-order valence-electron chi connectivity index (χ0n) is 11.1. The average molecular weight is 234 g/mol. The van der Waals surface area contributed by atoms with Gasteiger partial charge in [-0.2, -0.15) is 0 Å². The van der Waals surface area contributed by atoms with E-state index in [1.165, 1.54) is 5.56 Å². The second-order valence-electron chi connectivity index (χ2n) is 5.86. The summed E-state index contributed by atoms with van der Waals surface area (Å²) < 4.78 is 5.36. The lowest BCUT2D eigenvalue weighted by Gasteiger charge is -2.28. The first-order valence-corrected chi connectivity index (χ1v) is 6.32. The summed E-state index contributed by atoms with van der Waals surface area (Å²) in [5.41, 5.74) is 1.69. The minimum atomic E-state index is 0.323. The zero-order valence-corrected chi connectivity index (χ0v) is 11.1. The van der Waals surface area contributed by atoms with E-state index in [1.54, 1.807) is 0 Å². The van der Waals surface area contributed by atoms with Crippen molar-refractivity contribution in [2.45, 2.75) is 27.2 Å². The van der Waals surface area contributed by atoms with Gasteiger partial charge >= 0.3 is 0 Å². The molecule has 1 aromatic heterocycles. The summed E-state index contributed by atoms with van der Waals surface area (Å²) in [5.74, 6) is 1.09. The van der Waals surface area contributed by atoms with Crippen LogP contribution in [0.5, 0.6) is 0 Å². The van der Waals surface area contributed by atoms with Gasteiger partial charge in [0.2, 0.25) is 0 Å². The van der Waals surface area contributed by atoms with Crippen LogP contribution in [0, 0.1) is 5.41 Å². The van der Waals surface area contributed by atoms with Gasteiger partial charge in [0.15, 0.2) is 0 Å². The molecule has 1 aliphatic heterocycles. The van der Waals surface area contributed by atoms with Crippen LogP contribution in [0.25, 0.3) is 0 Å². The highest BCUT2D eigenvalue weighted by Crippen LogP contribution is 2.22. The van der Waals surface area contributed by atoms with E-state index in [-0.39, 0.29) is 0 Å². The summed E-state index contributed by atoms with van der Waals surface area (Å²) in [6.45, 7) is 10.3. The average Bonchev–Trinajstić information content (AvgIpc) is 2.28. The standard InChI is InChI=1S/C14H22N2O/c1-14(2,3)11-12-4-5-15-13(10-12)16-6-8-17-9-7-16/h4-5,10H,6-9,11H2,1-3H3. The van der Waals surface area contributed by atoms with Crippen LogP contribution < -0.4 is 4.90 Å². The van der Waals surface area contributed by atoms with Crippen molar-refractivity contribution in [3.05, 3.63) is 23.9 Å². The van der Waals surface area contributed by atoms with Gasteiger partial charge in [0.25, 0.3) is 0 Å². The molecule has 0 spiro atoms. The molecule has 0 radical (unpaired) electrons. The van der Waals surface area contributed by atoms with Crippen LogP contribution in [0.2, 0.25) is 0 Å². The highest BCUT2D eigenvalue weighted by atomic mass is 16.5. The number of anilines is 1. The predicted molar refractivity (Wildman–Crippen MR) is 70.4 cm³/mol. The van der Waals surface area contributed by atoms with Crippen molar-refractivity contribution in [1.82, 2.24) is 4.98 Å². The summed E-state index contributed by atoms with van der Waals surface area (Å²) in [5, 5.41) is 0. The molecule has 0 bridgehead atoms. The lowest BCUT2D eigenvalue weighted by molar-refractivity contribution is 0.122. The minimum Gasteiger partial charge on any atom is -0.378 e. The van der Waals surface area contributed by atoms with Crippen molar-refractivity contribution >= 4 is 5.82 Å². The Labute approximate surface area is 104 Å². The Morgan fingerprint density at radius 3 is 2.65 bits per heavy atom. The third kappa shape index (κ3) is 3.70. The Kier molecular flexibility index (Phi) is 3.67. The summed E-state index contributed by atoms with van der Waals surface area (Å²) in [6, 6.07) is 4.34. The van der Waals surface area contributed by atoms with Crippen molar-refractivity contribution in [2.75, 3.05) is 31.2 Å². The van der Waals surface area contributed by atoms with Crippen molar-refractivity contribution in [3.63, 3.8) is 0 Å². The molecule has 0 amide bonds. The summed E-state index contributed by atoms with van der Waals surface area (Å²) in [6.07, 6.45) is 3.01. The molecule has 0 aromatic carbocycles. The lowest BCUT2D eigenvalue weighted by Crippen LogP contribution is -2.36. The van der Waals surface area contributed by atoms with Crippen molar-refractivity contribution < 1.29 is 4.74 Å². The smallest absolute Gasteiger partial charge is 0.128 e. The molecule has 3 nitrogen and oxygen atoms in total. The Morgan fingerprint density at radius 1 is 1.29 bits per heavy atom. The molecule has 2 rings (SSSR count). The van der Waals surface area contributed by atoms with E-state index >= 15 is 0 Å².